The second-order valence-electron chi connectivity index (χ2n) is 4.42. The van der Waals surface area contributed by atoms with Crippen molar-refractivity contribution < 1.29 is 14.7 Å². The summed E-state index contributed by atoms with van der Waals surface area (Å²) >= 11 is 2.58. The lowest BCUT2D eigenvalue weighted by Gasteiger charge is -2.10. The van der Waals surface area contributed by atoms with E-state index in [1.807, 2.05) is 6.07 Å². The highest BCUT2D eigenvalue weighted by Crippen LogP contribution is 2.38. The molecule has 7 heteroatoms. The summed E-state index contributed by atoms with van der Waals surface area (Å²) in [6.07, 6.45) is 3.72. The van der Waals surface area contributed by atoms with E-state index in [1.165, 1.54) is 23.1 Å². The Bertz CT molecular complexity index is 575. The molecule has 5 nitrogen and oxygen atoms in total. The van der Waals surface area contributed by atoms with Crippen molar-refractivity contribution in [2.45, 2.75) is 25.7 Å². The number of nitrogens with one attached hydrogen (secondary N) is 1. The lowest BCUT2D eigenvalue weighted by atomic mass is 9.95. The summed E-state index contributed by atoms with van der Waals surface area (Å²) < 4.78 is 0. The average molecular weight is 310 g/mol. The highest BCUT2D eigenvalue weighted by Gasteiger charge is 2.25. The maximum absolute atomic E-state index is 11.7. The Balaban J connectivity index is 2.15. The van der Waals surface area contributed by atoms with Crippen LogP contribution in [0.4, 0.5) is 5.00 Å². The number of hydrogen-bond donors (Lipinski definition) is 2. The third kappa shape index (κ3) is 3.32. The first-order valence-corrected chi connectivity index (χ1v) is 8.23. The molecule has 0 saturated heterocycles. The molecule has 0 bridgehead atoms. The number of rotatable bonds is 5. The van der Waals surface area contributed by atoms with E-state index < -0.39 is 5.97 Å². The number of carbonyl (C=O) groups excluding carboxylic acids is 1. The first kappa shape index (κ1) is 14.9. The van der Waals surface area contributed by atoms with Gasteiger partial charge in [0.15, 0.2) is 0 Å². The van der Waals surface area contributed by atoms with Gasteiger partial charge in [0, 0.05) is 4.88 Å². The molecule has 1 aliphatic rings. The minimum absolute atomic E-state index is 0.162. The minimum Gasteiger partial charge on any atom is -0.478 e. The van der Waals surface area contributed by atoms with Crippen LogP contribution in [-0.4, -0.2) is 28.5 Å². The van der Waals surface area contributed by atoms with Gasteiger partial charge in [-0.25, -0.2) is 4.79 Å². The maximum atomic E-state index is 11.7. The topological polar surface area (TPSA) is 90.2 Å². The molecular formula is C13H14N2O3S2. The van der Waals surface area contributed by atoms with Crippen LogP contribution in [0.5, 0.6) is 0 Å². The fourth-order valence-electron chi connectivity index (χ4n) is 2.23. The van der Waals surface area contributed by atoms with Crippen LogP contribution in [0.3, 0.4) is 0 Å². The monoisotopic (exact) mass is 310 g/mol. The van der Waals surface area contributed by atoms with Crippen molar-refractivity contribution in [3.8, 4) is 6.07 Å². The molecule has 0 fully saturated rings. The van der Waals surface area contributed by atoms with Crippen molar-refractivity contribution in [3.05, 3.63) is 16.0 Å². The SMILES string of the molecule is N#CCSCC(=O)Nc1sc2c(c1C(=O)O)CCCC2. The molecule has 0 aromatic carbocycles. The summed E-state index contributed by atoms with van der Waals surface area (Å²) in [5, 5.41) is 20.9. The Hall–Kier alpha value is -1.52. The predicted molar refractivity (Wildman–Crippen MR) is 79.5 cm³/mol. The zero-order valence-corrected chi connectivity index (χ0v) is 12.4. The van der Waals surface area contributed by atoms with Crippen molar-refractivity contribution in [1.82, 2.24) is 0 Å². The number of aryl methyl sites for hydroxylation is 1. The molecule has 1 aromatic heterocycles. The van der Waals surface area contributed by atoms with Gasteiger partial charge in [-0.05, 0) is 31.2 Å². The summed E-state index contributed by atoms with van der Waals surface area (Å²) in [4.78, 5) is 24.2. The molecule has 1 aliphatic carbocycles. The molecule has 0 spiro atoms. The van der Waals surface area contributed by atoms with E-state index in [0.29, 0.717) is 5.00 Å². The molecule has 0 radical (unpaired) electrons. The predicted octanol–water partition coefficient (Wildman–Crippen LogP) is 2.52. The summed E-state index contributed by atoms with van der Waals surface area (Å²) in [6.45, 7) is 0. The first-order chi connectivity index (χ1) is 9.63. The van der Waals surface area contributed by atoms with Crippen molar-refractivity contribution in [2.24, 2.45) is 0 Å². The summed E-state index contributed by atoms with van der Waals surface area (Å²) in [5.74, 6) is -0.828. The van der Waals surface area contributed by atoms with E-state index in [-0.39, 0.29) is 23.0 Å². The molecule has 0 aliphatic heterocycles. The van der Waals surface area contributed by atoms with Crippen molar-refractivity contribution in [1.29, 1.82) is 5.26 Å². The number of anilines is 1. The minimum atomic E-state index is -0.982. The van der Waals surface area contributed by atoms with Crippen molar-refractivity contribution in [3.63, 3.8) is 0 Å². The molecule has 2 N–H and O–H groups in total. The molecule has 0 saturated carbocycles. The first-order valence-electron chi connectivity index (χ1n) is 6.26. The van der Waals surface area contributed by atoms with E-state index in [0.717, 1.165) is 36.1 Å². The van der Waals surface area contributed by atoms with Crippen LogP contribution >= 0.6 is 23.1 Å². The second kappa shape index (κ2) is 6.77. The van der Waals surface area contributed by atoms with E-state index in [9.17, 15) is 14.7 Å². The normalized spacial score (nSPS) is 13.3. The van der Waals surface area contributed by atoms with Crippen molar-refractivity contribution in [2.75, 3.05) is 16.8 Å². The summed E-state index contributed by atoms with van der Waals surface area (Å²) in [6, 6.07) is 1.95. The molecule has 1 heterocycles. The molecular weight excluding hydrogens is 296 g/mol. The van der Waals surface area contributed by atoms with E-state index >= 15 is 0 Å². The lowest BCUT2D eigenvalue weighted by molar-refractivity contribution is -0.113. The van der Waals surface area contributed by atoms with E-state index in [1.54, 1.807) is 0 Å². The maximum Gasteiger partial charge on any atom is 0.339 e. The summed E-state index contributed by atoms with van der Waals surface area (Å²) in [7, 11) is 0. The number of fused-ring (bicyclic) bond motifs is 1. The quantitative estimate of drug-likeness (QED) is 0.816. The van der Waals surface area contributed by atoms with Crippen LogP contribution < -0.4 is 5.32 Å². The second-order valence-corrected chi connectivity index (χ2v) is 6.51. The van der Waals surface area contributed by atoms with Crippen LogP contribution in [0.1, 0.15) is 33.6 Å². The van der Waals surface area contributed by atoms with Gasteiger partial charge in [-0.1, -0.05) is 0 Å². The van der Waals surface area contributed by atoms with Crippen molar-refractivity contribution >= 4 is 40.0 Å². The highest BCUT2D eigenvalue weighted by atomic mass is 32.2. The number of thioether (sulfide) groups is 1. The molecule has 0 atom stereocenters. The van der Waals surface area contributed by atoms with Crippen LogP contribution in [0.2, 0.25) is 0 Å². The number of amides is 1. The lowest BCUT2D eigenvalue weighted by Crippen LogP contribution is -2.16. The number of aromatic carboxylic acids is 1. The number of carboxylic acid groups (broad SMARTS) is 1. The highest BCUT2D eigenvalue weighted by molar-refractivity contribution is 8.00. The largest absolute Gasteiger partial charge is 0.478 e. The van der Waals surface area contributed by atoms with Gasteiger partial charge >= 0.3 is 5.97 Å². The Morgan fingerprint density at radius 2 is 2.15 bits per heavy atom. The third-order valence-electron chi connectivity index (χ3n) is 3.04. The van der Waals surface area contributed by atoms with E-state index in [2.05, 4.69) is 5.32 Å². The molecule has 2 rings (SSSR count). The number of nitriles is 1. The number of hydrogen-bond acceptors (Lipinski definition) is 5. The number of thiophene rings is 1. The van der Waals surface area contributed by atoms with Gasteiger partial charge in [-0.15, -0.1) is 23.1 Å². The summed E-state index contributed by atoms with van der Waals surface area (Å²) in [5.41, 5.74) is 1.14. The average Bonchev–Trinajstić information content (AvgIpc) is 2.76. The fraction of sp³-hybridized carbons (Fsp3) is 0.462. The Morgan fingerprint density at radius 1 is 1.40 bits per heavy atom. The third-order valence-corrected chi connectivity index (χ3v) is 5.04. The number of carboxylic acids is 1. The number of nitrogens with zero attached hydrogens (tertiary/aromatic N) is 1. The van der Waals surface area contributed by atoms with Gasteiger partial charge in [-0.3, -0.25) is 4.79 Å². The molecule has 106 valence electrons. The molecule has 20 heavy (non-hydrogen) atoms. The Kier molecular flexibility index (Phi) is 5.04. The van der Waals surface area contributed by atoms with Gasteiger partial charge in [0.25, 0.3) is 0 Å². The zero-order chi connectivity index (χ0) is 14.5. The molecule has 1 amide bonds. The van der Waals surface area contributed by atoms with Crippen LogP contribution in [0, 0.1) is 11.3 Å². The zero-order valence-electron chi connectivity index (χ0n) is 10.8. The smallest absolute Gasteiger partial charge is 0.339 e. The van der Waals surface area contributed by atoms with Crippen LogP contribution in [0.15, 0.2) is 0 Å². The molecule has 1 aromatic rings. The molecule has 0 unspecified atom stereocenters. The van der Waals surface area contributed by atoms with Gasteiger partial charge in [0.05, 0.1) is 23.1 Å². The Morgan fingerprint density at radius 3 is 2.85 bits per heavy atom. The standard InChI is InChI=1S/C13H14N2O3S2/c14-5-6-19-7-10(16)15-12-11(13(17)18)8-3-1-2-4-9(8)20-12/h1-4,6-7H2,(H,15,16)(H,17,18). The van der Waals surface area contributed by atoms with Gasteiger partial charge in [0.2, 0.25) is 5.91 Å². The Labute approximate surface area is 125 Å². The van der Waals surface area contributed by atoms with Gasteiger partial charge in [0.1, 0.15) is 5.00 Å². The number of carbonyl (C=O) groups is 2. The van der Waals surface area contributed by atoms with Gasteiger partial charge < -0.3 is 10.4 Å². The van der Waals surface area contributed by atoms with Gasteiger partial charge in [-0.2, -0.15) is 5.26 Å². The van der Waals surface area contributed by atoms with Crippen LogP contribution in [-0.2, 0) is 17.6 Å². The fourth-order valence-corrected chi connectivity index (χ4v) is 3.98. The van der Waals surface area contributed by atoms with E-state index in [4.69, 9.17) is 5.26 Å². The van der Waals surface area contributed by atoms with Crippen LogP contribution in [0.25, 0.3) is 0 Å².